The van der Waals surface area contributed by atoms with Crippen molar-refractivity contribution >= 4 is 11.1 Å². The maximum absolute atomic E-state index is 13.4. The highest BCUT2D eigenvalue weighted by Gasteiger charge is 2.12. The summed E-state index contributed by atoms with van der Waals surface area (Å²) in [5.41, 5.74) is 1.01. The van der Waals surface area contributed by atoms with Gasteiger partial charge in [-0.05, 0) is 59.4 Å². The summed E-state index contributed by atoms with van der Waals surface area (Å²) in [7, 11) is 0. The predicted octanol–water partition coefficient (Wildman–Crippen LogP) is 4.20. The number of nitrogens with zero attached hydrogens (tertiary/aromatic N) is 2. The molecule has 0 saturated carbocycles. The fraction of sp³-hybridized carbons (Fsp3) is 0.167. The van der Waals surface area contributed by atoms with E-state index in [1.54, 1.807) is 24.3 Å². The molecule has 1 aromatic heterocycles. The Morgan fingerprint density at radius 1 is 0.806 bits per heavy atom. The van der Waals surface area contributed by atoms with Crippen LogP contribution < -0.4 is 11.2 Å². The highest BCUT2D eigenvalue weighted by molar-refractivity contribution is 5.63. The van der Waals surface area contributed by atoms with Crippen LogP contribution in [0.5, 0.6) is 5.88 Å². The summed E-state index contributed by atoms with van der Waals surface area (Å²) in [4.78, 5) is 25.1. The summed E-state index contributed by atoms with van der Waals surface area (Å²) >= 11 is 0. The standard InChI is InChI=1S/C24H22F2N2O3/c1-16(18-5-3-7-20(25)13-18)9-11-27-22(29)15-23(30)28(24(27)31)12-10-17(2)19-6-4-8-21(26)14-19/h3-8,13-15,29H,1-2,9-12H2. The zero-order valence-corrected chi connectivity index (χ0v) is 16.9. The smallest absolute Gasteiger partial charge is 0.333 e. The first-order valence-corrected chi connectivity index (χ1v) is 9.67. The molecule has 7 heteroatoms. The molecule has 3 rings (SSSR count). The van der Waals surface area contributed by atoms with Crippen molar-refractivity contribution in [1.29, 1.82) is 0 Å². The molecule has 0 atom stereocenters. The summed E-state index contributed by atoms with van der Waals surface area (Å²) in [5.74, 6) is -1.26. The molecule has 2 aromatic carbocycles. The topological polar surface area (TPSA) is 64.2 Å². The minimum atomic E-state index is -0.677. The van der Waals surface area contributed by atoms with Gasteiger partial charge in [-0.1, -0.05) is 37.4 Å². The van der Waals surface area contributed by atoms with Crippen molar-refractivity contribution in [3.8, 4) is 5.88 Å². The lowest BCUT2D eigenvalue weighted by molar-refractivity contribution is 0.390. The summed E-state index contributed by atoms with van der Waals surface area (Å²) in [6.45, 7) is 7.89. The number of hydrogen-bond acceptors (Lipinski definition) is 3. The van der Waals surface area contributed by atoms with Gasteiger partial charge in [0, 0.05) is 13.1 Å². The van der Waals surface area contributed by atoms with E-state index in [9.17, 15) is 23.5 Å². The number of allylic oxidation sites excluding steroid dienone is 2. The molecular formula is C24H22F2N2O3. The molecule has 0 unspecified atom stereocenters. The van der Waals surface area contributed by atoms with Gasteiger partial charge >= 0.3 is 5.69 Å². The Kier molecular flexibility index (Phi) is 6.65. The van der Waals surface area contributed by atoms with Gasteiger partial charge in [-0.15, -0.1) is 0 Å². The van der Waals surface area contributed by atoms with Gasteiger partial charge in [0.2, 0.25) is 5.88 Å². The van der Waals surface area contributed by atoms with Crippen molar-refractivity contribution in [1.82, 2.24) is 9.13 Å². The number of aromatic nitrogens is 2. The number of aromatic hydroxyl groups is 1. The predicted molar refractivity (Wildman–Crippen MR) is 117 cm³/mol. The van der Waals surface area contributed by atoms with Crippen molar-refractivity contribution in [2.45, 2.75) is 25.9 Å². The third-order valence-corrected chi connectivity index (χ3v) is 5.00. The van der Waals surface area contributed by atoms with Crippen LogP contribution in [-0.4, -0.2) is 14.2 Å². The SMILES string of the molecule is C=C(CCn1c(O)cc(=O)n(CCC(=C)c2cccc(F)c2)c1=O)c1cccc(F)c1. The minimum absolute atomic E-state index is 0.0259. The molecule has 0 radical (unpaired) electrons. The van der Waals surface area contributed by atoms with E-state index >= 15 is 0 Å². The van der Waals surface area contributed by atoms with Crippen LogP contribution in [0, 0.1) is 11.6 Å². The van der Waals surface area contributed by atoms with Crippen LogP contribution in [-0.2, 0) is 13.1 Å². The second-order valence-electron chi connectivity index (χ2n) is 7.15. The van der Waals surface area contributed by atoms with E-state index in [1.807, 2.05) is 0 Å². The van der Waals surface area contributed by atoms with Crippen molar-refractivity contribution in [3.05, 3.63) is 111 Å². The van der Waals surface area contributed by atoms with Gasteiger partial charge in [0.25, 0.3) is 5.56 Å². The van der Waals surface area contributed by atoms with E-state index in [2.05, 4.69) is 13.2 Å². The molecule has 0 aliphatic carbocycles. The summed E-state index contributed by atoms with van der Waals surface area (Å²) in [6.07, 6.45) is 0.518. The fourth-order valence-corrected chi connectivity index (χ4v) is 3.22. The Morgan fingerprint density at radius 3 is 1.77 bits per heavy atom. The molecule has 0 fully saturated rings. The van der Waals surface area contributed by atoms with Crippen LogP contribution >= 0.6 is 0 Å². The number of benzene rings is 2. The van der Waals surface area contributed by atoms with Gasteiger partial charge < -0.3 is 5.11 Å². The number of halogens is 2. The van der Waals surface area contributed by atoms with Crippen LogP contribution in [0.3, 0.4) is 0 Å². The van der Waals surface area contributed by atoms with E-state index in [0.29, 0.717) is 22.3 Å². The number of rotatable bonds is 8. The Hall–Kier alpha value is -3.74. The molecule has 0 spiro atoms. The van der Waals surface area contributed by atoms with E-state index in [-0.39, 0.29) is 25.9 Å². The summed E-state index contributed by atoms with van der Waals surface area (Å²) < 4.78 is 28.9. The van der Waals surface area contributed by atoms with Crippen molar-refractivity contribution < 1.29 is 13.9 Å². The van der Waals surface area contributed by atoms with Gasteiger partial charge in [0.05, 0.1) is 6.07 Å². The Bertz CT molecular complexity index is 1260. The Morgan fingerprint density at radius 2 is 1.29 bits per heavy atom. The highest BCUT2D eigenvalue weighted by atomic mass is 19.1. The van der Waals surface area contributed by atoms with E-state index in [0.717, 1.165) is 15.2 Å². The first-order valence-electron chi connectivity index (χ1n) is 9.67. The van der Waals surface area contributed by atoms with Gasteiger partial charge in [-0.3, -0.25) is 13.9 Å². The van der Waals surface area contributed by atoms with Crippen molar-refractivity contribution in [2.75, 3.05) is 0 Å². The molecule has 5 nitrogen and oxygen atoms in total. The first kappa shape index (κ1) is 22.0. The molecule has 31 heavy (non-hydrogen) atoms. The van der Waals surface area contributed by atoms with Crippen LogP contribution in [0.15, 0.2) is 77.3 Å². The largest absolute Gasteiger partial charge is 0.494 e. The monoisotopic (exact) mass is 424 g/mol. The van der Waals surface area contributed by atoms with Gasteiger partial charge in [0.1, 0.15) is 11.6 Å². The van der Waals surface area contributed by atoms with E-state index < -0.39 is 28.8 Å². The molecule has 3 aromatic rings. The first-order chi connectivity index (χ1) is 14.8. The molecule has 0 bridgehead atoms. The minimum Gasteiger partial charge on any atom is -0.494 e. The van der Waals surface area contributed by atoms with Gasteiger partial charge in [0.15, 0.2) is 0 Å². The normalized spacial score (nSPS) is 10.8. The van der Waals surface area contributed by atoms with Crippen molar-refractivity contribution in [3.63, 3.8) is 0 Å². The van der Waals surface area contributed by atoms with Gasteiger partial charge in [-0.2, -0.15) is 0 Å². The van der Waals surface area contributed by atoms with E-state index in [4.69, 9.17) is 0 Å². The number of hydrogen-bond donors (Lipinski definition) is 1. The maximum Gasteiger partial charge on any atom is 0.333 e. The second kappa shape index (κ2) is 9.38. The molecule has 0 aliphatic rings. The highest BCUT2D eigenvalue weighted by Crippen LogP contribution is 2.19. The van der Waals surface area contributed by atoms with Crippen LogP contribution in [0.1, 0.15) is 24.0 Å². The third-order valence-electron chi connectivity index (χ3n) is 5.00. The van der Waals surface area contributed by atoms with Crippen LogP contribution in [0.4, 0.5) is 8.78 Å². The lowest BCUT2D eigenvalue weighted by Gasteiger charge is -2.14. The quantitative estimate of drug-likeness (QED) is 0.590. The average molecular weight is 424 g/mol. The molecule has 0 aliphatic heterocycles. The molecule has 0 amide bonds. The summed E-state index contributed by atoms with van der Waals surface area (Å²) in [5, 5.41) is 10.1. The van der Waals surface area contributed by atoms with Crippen LogP contribution in [0.25, 0.3) is 11.1 Å². The van der Waals surface area contributed by atoms with Crippen LogP contribution in [0.2, 0.25) is 0 Å². The Balaban J connectivity index is 1.76. The maximum atomic E-state index is 13.4. The Labute approximate surface area is 177 Å². The molecular weight excluding hydrogens is 402 g/mol. The molecule has 1 heterocycles. The van der Waals surface area contributed by atoms with Crippen molar-refractivity contribution in [2.24, 2.45) is 0 Å². The molecule has 160 valence electrons. The molecule has 0 saturated heterocycles. The lowest BCUT2D eigenvalue weighted by atomic mass is 10.0. The third kappa shape index (κ3) is 5.25. The lowest BCUT2D eigenvalue weighted by Crippen LogP contribution is -2.39. The zero-order valence-electron chi connectivity index (χ0n) is 16.9. The average Bonchev–Trinajstić information content (AvgIpc) is 2.73. The second-order valence-corrected chi connectivity index (χ2v) is 7.15. The van der Waals surface area contributed by atoms with E-state index in [1.165, 1.54) is 24.3 Å². The summed E-state index contributed by atoms with van der Waals surface area (Å²) in [6, 6.07) is 12.8. The zero-order chi connectivity index (χ0) is 22.5. The van der Waals surface area contributed by atoms with Gasteiger partial charge in [-0.25, -0.2) is 13.6 Å². The fourth-order valence-electron chi connectivity index (χ4n) is 3.22. The molecule has 1 N–H and O–H groups in total.